The van der Waals surface area contributed by atoms with Gasteiger partial charge in [-0.15, -0.1) is 0 Å². The molecule has 0 amide bonds. The van der Waals surface area contributed by atoms with E-state index >= 15 is 0 Å². The van der Waals surface area contributed by atoms with Crippen molar-refractivity contribution in [1.82, 2.24) is 9.13 Å². The van der Waals surface area contributed by atoms with E-state index in [1.807, 2.05) is 0 Å². The van der Waals surface area contributed by atoms with Crippen LogP contribution in [0.25, 0.3) is 110 Å². The molecule has 2 aliphatic rings. The van der Waals surface area contributed by atoms with Gasteiger partial charge in [0.25, 0.3) is 0 Å². The molecule has 2 aromatic heterocycles. The van der Waals surface area contributed by atoms with Gasteiger partial charge in [-0.3, -0.25) is 0 Å². The van der Waals surface area contributed by atoms with Gasteiger partial charge in [0.05, 0.1) is 22.1 Å². The second-order valence-electron chi connectivity index (χ2n) is 18.4. The van der Waals surface area contributed by atoms with Crippen molar-refractivity contribution in [2.24, 2.45) is 0 Å². The van der Waals surface area contributed by atoms with Crippen LogP contribution in [0.3, 0.4) is 0 Å². The monoisotopic (exact) mass is 816 g/mol. The molecule has 10 aromatic carbocycles. The zero-order valence-electron chi connectivity index (χ0n) is 35.6. The van der Waals surface area contributed by atoms with E-state index in [0.29, 0.717) is 0 Å². The quantitative estimate of drug-likeness (QED) is 0.167. The summed E-state index contributed by atoms with van der Waals surface area (Å²) in [5, 5.41) is 10.2. The SMILES string of the molecule is c1ccc2cc(-n3c4ccccc4c4cc(-c5ccc6c(c5)C5(CCCCC5)c5cc(-c7ccc8c(c7)c7ccccc7n8-c7ccc8ccccc8c7)ccc5-6)ccc43)ccc2c1. The van der Waals surface area contributed by atoms with Crippen LogP contribution in [0.1, 0.15) is 43.2 Å². The number of aromatic nitrogens is 2. The molecule has 1 spiro atoms. The maximum atomic E-state index is 2.57. The summed E-state index contributed by atoms with van der Waals surface area (Å²) < 4.78 is 4.88. The zero-order valence-corrected chi connectivity index (χ0v) is 35.6. The van der Waals surface area contributed by atoms with Gasteiger partial charge in [-0.25, -0.2) is 0 Å². The van der Waals surface area contributed by atoms with E-state index in [9.17, 15) is 0 Å². The molecule has 14 rings (SSSR count). The molecule has 302 valence electrons. The van der Waals surface area contributed by atoms with Crippen molar-refractivity contribution in [2.75, 3.05) is 0 Å². The minimum Gasteiger partial charge on any atom is -0.309 e. The summed E-state index contributed by atoms with van der Waals surface area (Å²) in [5.74, 6) is 0. The van der Waals surface area contributed by atoms with E-state index in [-0.39, 0.29) is 5.41 Å². The number of hydrogen-bond donors (Lipinski definition) is 0. The summed E-state index contributed by atoms with van der Waals surface area (Å²) in [6, 6.07) is 77.8. The molecule has 2 heteroatoms. The van der Waals surface area contributed by atoms with Crippen LogP contribution >= 0.6 is 0 Å². The van der Waals surface area contributed by atoms with Crippen molar-refractivity contribution < 1.29 is 0 Å². The smallest absolute Gasteiger partial charge is 0.0541 e. The van der Waals surface area contributed by atoms with Gasteiger partial charge >= 0.3 is 0 Å². The molecule has 0 radical (unpaired) electrons. The highest BCUT2D eigenvalue weighted by Gasteiger charge is 2.44. The Hall–Kier alpha value is -7.68. The molecular weight excluding hydrogens is 773 g/mol. The number of para-hydroxylation sites is 2. The largest absolute Gasteiger partial charge is 0.309 e. The Labute approximate surface area is 372 Å². The van der Waals surface area contributed by atoms with E-state index in [1.165, 1.54) is 153 Å². The van der Waals surface area contributed by atoms with Crippen LogP contribution in [0.5, 0.6) is 0 Å². The lowest BCUT2D eigenvalue weighted by molar-refractivity contribution is 0.353. The Morgan fingerprint density at radius 1 is 0.297 bits per heavy atom. The van der Waals surface area contributed by atoms with Crippen LogP contribution in [0.4, 0.5) is 0 Å². The second-order valence-corrected chi connectivity index (χ2v) is 18.4. The van der Waals surface area contributed by atoms with Gasteiger partial charge in [-0.2, -0.15) is 0 Å². The molecule has 0 N–H and O–H groups in total. The topological polar surface area (TPSA) is 9.86 Å². The van der Waals surface area contributed by atoms with E-state index in [4.69, 9.17) is 0 Å². The lowest BCUT2D eigenvalue weighted by Crippen LogP contribution is -2.28. The Kier molecular flexibility index (Phi) is 7.65. The normalized spacial score (nSPS) is 14.4. The minimum atomic E-state index is 0.0152. The van der Waals surface area contributed by atoms with Gasteiger partial charge < -0.3 is 9.13 Å². The first kappa shape index (κ1) is 35.9. The minimum absolute atomic E-state index is 0.0152. The standard InChI is InChI=1S/C62H44N2/c1-10-32-62(33-11-1)56-38-46(44-24-30-60-54(36-44)52-16-6-8-18-58(52)63(60)48-26-20-40-12-2-4-14-42(40)34-48)22-28-50(56)51-29-23-47(39-57(51)62)45-25-31-61-55(37-45)53-17-7-9-19-59(53)64(61)49-27-21-41-13-3-5-15-43(41)35-49/h2-9,12-31,34-39H,1,10-11,32-33H2. The Balaban J connectivity index is 0.873. The summed E-state index contributed by atoms with van der Waals surface area (Å²) in [7, 11) is 0. The van der Waals surface area contributed by atoms with Crippen molar-refractivity contribution in [3.05, 3.63) is 217 Å². The summed E-state index contributed by atoms with van der Waals surface area (Å²) >= 11 is 0. The third-order valence-electron chi connectivity index (χ3n) is 15.1. The average Bonchev–Trinajstić information content (AvgIpc) is 3.96. The van der Waals surface area contributed by atoms with Crippen molar-refractivity contribution in [3.63, 3.8) is 0 Å². The number of rotatable bonds is 4. The van der Waals surface area contributed by atoms with Crippen molar-refractivity contribution >= 4 is 65.2 Å². The highest BCUT2D eigenvalue weighted by Crippen LogP contribution is 2.57. The summed E-state index contributed by atoms with van der Waals surface area (Å²) in [6.45, 7) is 0. The van der Waals surface area contributed by atoms with Gasteiger partial charge in [0.2, 0.25) is 0 Å². The van der Waals surface area contributed by atoms with E-state index in [2.05, 4.69) is 215 Å². The van der Waals surface area contributed by atoms with E-state index in [0.717, 1.165) is 0 Å². The molecule has 0 saturated heterocycles. The molecule has 2 nitrogen and oxygen atoms in total. The van der Waals surface area contributed by atoms with Crippen LogP contribution in [0.15, 0.2) is 206 Å². The molecule has 64 heavy (non-hydrogen) atoms. The van der Waals surface area contributed by atoms with Gasteiger partial charge in [0.1, 0.15) is 0 Å². The molecule has 0 atom stereocenters. The average molecular weight is 817 g/mol. The molecule has 0 bridgehead atoms. The van der Waals surface area contributed by atoms with E-state index in [1.54, 1.807) is 0 Å². The Bertz CT molecular complexity index is 3640. The molecular formula is C62H44N2. The highest BCUT2D eigenvalue weighted by molar-refractivity contribution is 6.12. The van der Waals surface area contributed by atoms with Gasteiger partial charge in [0.15, 0.2) is 0 Å². The Morgan fingerprint density at radius 3 is 1.20 bits per heavy atom. The first-order valence-electron chi connectivity index (χ1n) is 23.0. The third-order valence-corrected chi connectivity index (χ3v) is 15.1. The van der Waals surface area contributed by atoms with Gasteiger partial charge in [-0.05, 0) is 152 Å². The highest BCUT2D eigenvalue weighted by atomic mass is 15.0. The van der Waals surface area contributed by atoms with Gasteiger partial charge in [-0.1, -0.05) is 153 Å². The number of benzene rings is 10. The summed E-state index contributed by atoms with van der Waals surface area (Å²) in [5.41, 5.74) is 18.4. The predicted molar refractivity (Wildman–Crippen MR) is 270 cm³/mol. The fourth-order valence-corrected chi connectivity index (χ4v) is 12.0. The maximum Gasteiger partial charge on any atom is 0.0541 e. The van der Waals surface area contributed by atoms with Crippen LogP contribution in [0.2, 0.25) is 0 Å². The van der Waals surface area contributed by atoms with Crippen molar-refractivity contribution in [2.45, 2.75) is 37.5 Å². The Morgan fingerprint density at radius 2 is 0.703 bits per heavy atom. The van der Waals surface area contributed by atoms with Crippen molar-refractivity contribution in [3.8, 4) is 44.8 Å². The van der Waals surface area contributed by atoms with Crippen LogP contribution < -0.4 is 0 Å². The van der Waals surface area contributed by atoms with Gasteiger partial charge in [0, 0.05) is 38.3 Å². The predicted octanol–water partition coefficient (Wildman–Crippen LogP) is 16.8. The molecule has 0 unspecified atom stereocenters. The third kappa shape index (κ3) is 5.20. The second kappa shape index (κ2) is 13.7. The fraction of sp³-hybridized carbons (Fsp3) is 0.0968. The number of hydrogen-bond acceptors (Lipinski definition) is 0. The molecule has 1 fully saturated rings. The molecule has 2 heterocycles. The number of nitrogens with zero attached hydrogens (tertiary/aromatic N) is 2. The zero-order chi connectivity index (χ0) is 41.9. The molecule has 1 saturated carbocycles. The first-order valence-corrected chi connectivity index (χ1v) is 23.0. The molecule has 2 aliphatic carbocycles. The molecule has 0 aliphatic heterocycles. The fourth-order valence-electron chi connectivity index (χ4n) is 12.0. The maximum absolute atomic E-state index is 2.57. The summed E-state index contributed by atoms with van der Waals surface area (Å²) in [4.78, 5) is 0. The van der Waals surface area contributed by atoms with E-state index < -0.39 is 0 Å². The number of fused-ring (bicyclic) bond motifs is 13. The van der Waals surface area contributed by atoms with Crippen LogP contribution in [0, 0.1) is 0 Å². The lowest BCUT2D eigenvalue weighted by Gasteiger charge is -2.36. The molecule has 12 aromatic rings. The lowest BCUT2D eigenvalue weighted by atomic mass is 9.67. The first-order chi connectivity index (χ1) is 31.7. The van der Waals surface area contributed by atoms with Crippen LogP contribution in [-0.4, -0.2) is 9.13 Å². The van der Waals surface area contributed by atoms with Crippen molar-refractivity contribution in [1.29, 1.82) is 0 Å². The summed E-state index contributed by atoms with van der Waals surface area (Å²) in [6.07, 6.45) is 6.20. The van der Waals surface area contributed by atoms with Crippen LogP contribution in [-0.2, 0) is 5.41 Å².